The maximum Gasteiger partial charge on any atom is 0.492 e. The van der Waals surface area contributed by atoms with Crippen molar-refractivity contribution in [1.82, 2.24) is 35.9 Å². The molecule has 0 bridgehead atoms. The van der Waals surface area contributed by atoms with E-state index in [9.17, 15) is 27.6 Å². The molecule has 1 aliphatic rings. The van der Waals surface area contributed by atoms with Crippen molar-refractivity contribution in [1.29, 1.82) is 0 Å². The van der Waals surface area contributed by atoms with Gasteiger partial charge < -0.3 is 24.9 Å². The largest absolute Gasteiger partial charge is 0.497 e. The van der Waals surface area contributed by atoms with Gasteiger partial charge in [-0.25, -0.2) is 9.48 Å². The summed E-state index contributed by atoms with van der Waals surface area (Å²) in [5, 5.41) is 17.3. The van der Waals surface area contributed by atoms with E-state index < -0.39 is 36.0 Å². The zero-order chi connectivity index (χ0) is 32.0. The van der Waals surface area contributed by atoms with Gasteiger partial charge in [0.05, 0.1) is 19.9 Å². The number of halogens is 4. The minimum atomic E-state index is -5.27. The van der Waals surface area contributed by atoms with Gasteiger partial charge in [0.1, 0.15) is 29.9 Å². The minimum Gasteiger partial charge on any atom is -0.497 e. The van der Waals surface area contributed by atoms with E-state index in [-0.39, 0.29) is 25.4 Å². The van der Waals surface area contributed by atoms with Gasteiger partial charge in [-0.15, -0.1) is 10.2 Å². The second-order valence-electron chi connectivity index (χ2n) is 9.99. The van der Waals surface area contributed by atoms with E-state index >= 15 is 0 Å². The third-order valence-corrected chi connectivity index (χ3v) is 7.09. The van der Waals surface area contributed by atoms with Crippen molar-refractivity contribution in [2.75, 3.05) is 20.8 Å². The van der Waals surface area contributed by atoms with Crippen LogP contribution < -0.4 is 20.1 Å². The first kappa shape index (κ1) is 32.5. The van der Waals surface area contributed by atoms with Crippen molar-refractivity contribution in [3.63, 3.8) is 0 Å². The van der Waals surface area contributed by atoms with Crippen molar-refractivity contribution in [3.05, 3.63) is 58.9 Å². The van der Waals surface area contributed by atoms with E-state index in [0.717, 1.165) is 5.56 Å². The van der Waals surface area contributed by atoms with Gasteiger partial charge in [0, 0.05) is 24.2 Å². The number of hydrogen-bond donors (Lipinski definition) is 2. The Morgan fingerprint density at radius 3 is 2.43 bits per heavy atom. The summed E-state index contributed by atoms with van der Waals surface area (Å²) in [6.07, 6.45) is -3.54. The molecule has 1 fully saturated rings. The van der Waals surface area contributed by atoms with Crippen LogP contribution in [0, 0.1) is 5.92 Å². The third-order valence-electron chi connectivity index (χ3n) is 6.85. The molecule has 1 aromatic heterocycles. The molecule has 0 radical (unpaired) electrons. The van der Waals surface area contributed by atoms with E-state index in [2.05, 4.69) is 31.0 Å². The highest BCUT2D eigenvalue weighted by molar-refractivity contribution is 6.30. The summed E-state index contributed by atoms with van der Waals surface area (Å²) in [4.78, 5) is 42.4. The molecular formula is C27H29ClF3N7O6. The van der Waals surface area contributed by atoms with Crippen molar-refractivity contribution >= 4 is 29.4 Å². The van der Waals surface area contributed by atoms with Crippen LogP contribution in [0.4, 0.5) is 13.2 Å². The summed E-state index contributed by atoms with van der Waals surface area (Å²) < 4.78 is 51.0. The van der Waals surface area contributed by atoms with Crippen molar-refractivity contribution < 1.29 is 41.9 Å². The lowest BCUT2D eigenvalue weighted by Gasteiger charge is -2.24. The molecule has 17 heteroatoms. The molecule has 0 saturated carbocycles. The molecular weight excluding hydrogens is 611 g/mol. The van der Waals surface area contributed by atoms with Crippen LogP contribution >= 0.6 is 11.6 Å². The van der Waals surface area contributed by atoms with E-state index in [0.29, 0.717) is 39.3 Å². The zero-order valence-electron chi connectivity index (χ0n) is 23.8. The van der Waals surface area contributed by atoms with Gasteiger partial charge in [0.15, 0.2) is 0 Å². The molecule has 4 rings (SSSR count). The summed E-state index contributed by atoms with van der Waals surface area (Å²) >= 11 is 6.11. The van der Waals surface area contributed by atoms with E-state index in [1.165, 1.54) is 32.2 Å². The molecule has 0 aliphatic carbocycles. The lowest BCUT2D eigenvalue weighted by molar-refractivity contribution is -0.240. The van der Waals surface area contributed by atoms with Crippen LogP contribution in [-0.2, 0) is 32.2 Å². The number of aromatic nitrogens is 4. The number of ether oxygens (including phenoxy) is 2. The molecule has 236 valence electrons. The number of amides is 2. The molecule has 1 saturated heterocycles. The molecule has 2 aromatic carbocycles. The molecule has 3 atom stereocenters. The van der Waals surface area contributed by atoms with Crippen LogP contribution in [0.3, 0.4) is 0 Å². The number of nitrogens with one attached hydrogen (secondary N) is 2. The van der Waals surface area contributed by atoms with Crippen molar-refractivity contribution in [2.24, 2.45) is 5.92 Å². The van der Waals surface area contributed by atoms with E-state index in [1.54, 1.807) is 36.4 Å². The summed E-state index contributed by atoms with van der Waals surface area (Å²) in [5.41, 5.74) is 1.88. The fraction of sp³-hybridized carbons (Fsp3) is 0.407. The monoisotopic (exact) mass is 639 g/mol. The fourth-order valence-corrected chi connectivity index (χ4v) is 4.95. The number of rotatable bonds is 11. The topological polar surface area (TPSA) is 150 Å². The summed E-state index contributed by atoms with van der Waals surface area (Å²) in [5.74, 6) is -3.20. The number of alkyl halides is 3. The molecule has 1 aliphatic heterocycles. The Labute approximate surface area is 254 Å². The summed E-state index contributed by atoms with van der Waals surface area (Å²) in [6.45, 7) is 1.25. The molecule has 2 heterocycles. The molecule has 0 unspecified atom stereocenters. The predicted octanol–water partition coefficient (Wildman–Crippen LogP) is 2.41. The Bertz CT molecular complexity index is 1470. The smallest absolute Gasteiger partial charge is 0.492 e. The van der Waals surface area contributed by atoms with Gasteiger partial charge in [-0.3, -0.25) is 9.59 Å². The number of carbonyl (C=O) groups is 3. The SMILES string of the molecule is COc1cc(C[C@H]2C[C@H](C(=O)N[C@@H](C)C(=O)NCc3cc(Cl)ccc3-n3cnnn3)N(OC(=O)C(F)(F)F)C2)cc(OC)c1. The van der Waals surface area contributed by atoms with Crippen molar-refractivity contribution in [3.8, 4) is 17.2 Å². The number of hydrogen-bond acceptors (Lipinski definition) is 10. The van der Waals surface area contributed by atoms with Gasteiger partial charge >= 0.3 is 12.1 Å². The number of hydroxylamine groups is 2. The number of nitrogens with zero attached hydrogens (tertiary/aromatic N) is 5. The second kappa shape index (κ2) is 13.9. The van der Waals surface area contributed by atoms with Crippen LogP contribution in [0.5, 0.6) is 11.5 Å². The van der Waals surface area contributed by atoms with Gasteiger partial charge in [-0.05, 0) is 77.6 Å². The van der Waals surface area contributed by atoms with Crippen LogP contribution in [0.15, 0.2) is 42.7 Å². The number of carbonyl (C=O) groups excluding carboxylic acids is 3. The van der Waals surface area contributed by atoms with Crippen LogP contribution in [0.25, 0.3) is 5.69 Å². The third kappa shape index (κ3) is 8.13. The van der Waals surface area contributed by atoms with Gasteiger partial charge in [-0.2, -0.15) is 13.2 Å². The molecule has 2 N–H and O–H groups in total. The summed E-state index contributed by atoms with van der Waals surface area (Å²) in [6, 6.07) is 7.67. The average molecular weight is 640 g/mol. The fourth-order valence-electron chi connectivity index (χ4n) is 4.75. The van der Waals surface area contributed by atoms with Crippen molar-refractivity contribution in [2.45, 2.75) is 44.6 Å². The Balaban J connectivity index is 1.43. The van der Waals surface area contributed by atoms with Gasteiger partial charge in [0.25, 0.3) is 0 Å². The first-order valence-corrected chi connectivity index (χ1v) is 13.6. The van der Waals surface area contributed by atoms with Crippen LogP contribution in [0.1, 0.15) is 24.5 Å². The lowest BCUT2D eigenvalue weighted by atomic mass is 9.96. The standard InChI is InChI=1S/C27H29ClF3N7O6/c1-15(24(39)32-12-18-10-19(28)4-5-22(18)37-14-33-35-36-37)34-25(40)23-9-17(13-38(23)44-26(41)27(29,30)31)6-16-7-20(42-2)11-21(8-16)43-3/h4-5,7-8,10-11,14-15,17,23H,6,9,12-13H2,1-3H3,(H,32,39)(H,34,40)/t15-,17-,23+/m0/s1. The molecule has 13 nitrogen and oxygen atoms in total. The highest BCUT2D eigenvalue weighted by Crippen LogP contribution is 2.31. The lowest BCUT2D eigenvalue weighted by Crippen LogP contribution is -2.51. The van der Waals surface area contributed by atoms with Gasteiger partial charge in [0.2, 0.25) is 11.8 Å². The zero-order valence-corrected chi connectivity index (χ0v) is 24.6. The van der Waals surface area contributed by atoms with E-state index in [4.69, 9.17) is 21.1 Å². The molecule has 44 heavy (non-hydrogen) atoms. The number of methoxy groups -OCH3 is 2. The Kier molecular flexibility index (Phi) is 10.3. The molecule has 2 amide bonds. The Morgan fingerprint density at radius 1 is 1.11 bits per heavy atom. The van der Waals surface area contributed by atoms with Gasteiger partial charge in [-0.1, -0.05) is 11.6 Å². The van der Waals surface area contributed by atoms with Crippen LogP contribution in [-0.4, -0.2) is 82.1 Å². The highest BCUT2D eigenvalue weighted by atomic mass is 35.5. The first-order valence-electron chi connectivity index (χ1n) is 13.3. The predicted molar refractivity (Wildman–Crippen MR) is 148 cm³/mol. The Hall–Kier alpha value is -4.44. The normalized spacial score (nSPS) is 17.5. The molecule has 3 aromatic rings. The molecule has 0 spiro atoms. The van der Waals surface area contributed by atoms with E-state index in [1.807, 2.05) is 0 Å². The first-order chi connectivity index (χ1) is 20.9. The Morgan fingerprint density at radius 2 is 1.82 bits per heavy atom. The van der Waals surface area contributed by atoms with Crippen LogP contribution in [0.2, 0.25) is 5.02 Å². The highest BCUT2D eigenvalue weighted by Gasteiger charge is 2.47. The second-order valence-corrected chi connectivity index (χ2v) is 10.4. The average Bonchev–Trinajstić information content (AvgIpc) is 3.65. The number of tetrazole rings is 1. The summed E-state index contributed by atoms with van der Waals surface area (Å²) in [7, 11) is 2.96. The number of benzene rings is 2. The minimum absolute atomic E-state index is 0.000376. The maximum atomic E-state index is 13.2. The quantitative estimate of drug-likeness (QED) is 0.320. The maximum absolute atomic E-state index is 13.2.